The number of amides is 1. The molecule has 130 valence electrons. The Kier molecular flexibility index (Phi) is 4.01. The third-order valence-corrected chi connectivity index (χ3v) is 5.27. The highest BCUT2D eigenvalue weighted by molar-refractivity contribution is 5.93. The maximum atomic E-state index is 12.5. The lowest BCUT2D eigenvalue weighted by atomic mass is 9.84. The predicted molar refractivity (Wildman–Crippen MR) is 93.3 cm³/mol. The van der Waals surface area contributed by atoms with Crippen molar-refractivity contribution in [2.45, 2.75) is 18.9 Å². The van der Waals surface area contributed by atoms with Crippen LogP contribution in [0.25, 0.3) is 11.3 Å². The average Bonchev–Trinajstić information content (AvgIpc) is 3.13. The smallest absolute Gasteiger partial charge is 0.270 e. The number of H-pyrrole nitrogens is 1. The molecule has 1 aromatic carbocycles. The molecule has 2 bridgehead atoms. The molecule has 0 radical (unpaired) electrons. The number of aromatic amines is 1. The second-order valence-electron chi connectivity index (χ2n) is 6.81. The Bertz CT molecular complexity index is 808. The summed E-state index contributed by atoms with van der Waals surface area (Å²) < 4.78 is 0. The summed E-state index contributed by atoms with van der Waals surface area (Å²) in [4.78, 5) is 28.5. The minimum atomic E-state index is -0.423. The van der Waals surface area contributed by atoms with Crippen molar-refractivity contribution in [1.82, 2.24) is 15.2 Å². The normalized spacial score (nSPS) is 24.9. The summed E-state index contributed by atoms with van der Waals surface area (Å²) in [7, 11) is 0. The van der Waals surface area contributed by atoms with Crippen molar-refractivity contribution in [3.05, 3.63) is 52.2 Å². The van der Waals surface area contributed by atoms with Gasteiger partial charge in [-0.3, -0.25) is 14.9 Å². The highest BCUT2D eigenvalue weighted by atomic mass is 16.6. The highest BCUT2D eigenvalue weighted by Gasteiger charge is 2.35. The first-order valence-electron chi connectivity index (χ1n) is 8.57. The fourth-order valence-electron chi connectivity index (χ4n) is 3.86. The summed E-state index contributed by atoms with van der Waals surface area (Å²) in [6.07, 6.45) is 2.29. The lowest BCUT2D eigenvalue weighted by Gasteiger charge is -2.44. The molecule has 3 aliphatic rings. The maximum Gasteiger partial charge on any atom is 0.270 e. The number of nitrogens with one attached hydrogen (secondary N) is 2. The van der Waals surface area contributed by atoms with Gasteiger partial charge in [0.25, 0.3) is 11.6 Å². The summed E-state index contributed by atoms with van der Waals surface area (Å²) >= 11 is 0. The molecule has 3 fully saturated rings. The zero-order chi connectivity index (χ0) is 17.4. The van der Waals surface area contributed by atoms with Gasteiger partial charge >= 0.3 is 0 Å². The van der Waals surface area contributed by atoms with Crippen LogP contribution in [0.2, 0.25) is 0 Å². The molecule has 0 saturated carbocycles. The molecule has 3 saturated heterocycles. The van der Waals surface area contributed by atoms with E-state index in [9.17, 15) is 14.9 Å². The largest absolute Gasteiger partial charge is 0.351 e. The third kappa shape index (κ3) is 3.15. The Morgan fingerprint density at radius 2 is 2.04 bits per heavy atom. The number of fused-ring (bicyclic) bond motifs is 3. The SMILES string of the molecule is O=C(N[C@H]1CN2CCC1CC2)c1ccc(-c2cccc([N+](=O)[O-])c2)[nH]1. The quantitative estimate of drug-likeness (QED) is 0.660. The molecule has 3 aliphatic heterocycles. The maximum absolute atomic E-state index is 12.5. The van der Waals surface area contributed by atoms with Crippen LogP contribution in [0.5, 0.6) is 0 Å². The van der Waals surface area contributed by atoms with Crippen molar-refractivity contribution in [1.29, 1.82) is 0 Å². The van der Waals surface area contributed by atoms with E-state index in [0.717, 1.165) is 32.5 Å². The number of aromatic nitrogens is 1. The molecule has 1 amide bonds. The van der Waals surface area contributed by atoms with Crippen LogP contribution >= 0.6 is 0 Å². The molecule has 1 aromatic heterocycles. The van der Waals surface area contributed by atoms with E-state index in [2.05, 4.69) is 15.2 Å². The Hall–Kier alpha value is -2.67. The van der Waals surface area contributed by atoms with E-state index >= 15 is 0 Å². The van der Waals surface area contributed by atoms with E-state index in [0.29, 0.717) is 22.9 Å². The van der Waals surface area contributed by atoms with E-state index in [1.807, 2.05) is 0 Å². The number of nitro benzene ring substituents is 1. The second-order valence-corrected chi connectivity index (χ2v) is 6.81. The van der Waals surface area contributed by atoms with Gasteiger partial charge < -0.3 is 15.2 Å². The minimum absolute atomic E-state index is 0.0328. The zero-order valence-corrected chi connectivity index (χ0v) is 13.8. The Labute approximate surface area is 145 Å². The topological polar surface area (TPSA) is 91.3 Å². The number of carbonyl (C=O) groups is 1. The number of nitrogens with zero attached hydrogens (tertiary/aromatic N) is 2. The molecule has 25 heavy (non-hydrogen) atoms. The third-order valence-electron chi connectivity index (χ3n) is 5.27. The summed E-state index contributed by atoms with van der Waals surface area (Å²) in [5, 5.41) is 14.1. The standard InChI is InChI=1S/C18H20N4O3/c23-18(20-17-11-21-8-6-12(17)7-9-21)16-5-4-15(19-16)13-2-1-3-14(10-13)22(24)25/h1-5,10,12,17,19H,6-9,11H2,(H,20,23)/t17-/m0/s1. The van der Waals surface area contributed by atoms with Crippen LogP contribution in [-0.4, -0.2) is 46.4 Å². The van der Waals surface area contributed by atoms with Gasteiger partial charge in [-0.2, -0.15) is 0 Å². The molecule has 7 nitrogen and oxygen atoms in total. The Morgan fingerprint density at radius 1 is 1.24 bits per heavy atom. The van der Waals surface area contributed by atoms with Crippen LogP contribution < -0.4 is 5.32 Å². The lowest BCUT2D eigenvalue weighted by molar-refractivity contribution is -0.384. The van der Waals surface area contributed by atoms with Crippen molar-refractivity contribution >= 4 is 11.6 Å². The number of carbonyl (C=O) groups excluding carboxylic acids is 1. The van der Waals surface area contributed by atoms with E-state index in [4.69, 9.17) is 0 Å². The fraction of sp³-hybridized carbons (Fsp3) is 0.389. The van der Waals surface area contributed by atoms with E-state index in [1.54, 1.807) is 24.3 Å². The fourth-order valence-corrected chi connectivity index (χ4v) is 3.86. The molecule has 2 N–H and O–H groups in total. The molecule has 4 heterocycles. The van der Waals surface area contributed by atoms with Crippen LogP contribution in [0.15, 0.2) is 36.4 Å². The number of rotatable bonds is 4. The van der Waals surface area contributed by atoms with Crippen LogP contribution in [0, 0.1) is 16.0 Å². The van der Waals surface area contributed by atoms with Gasteiger partial charge in [0.15, 0.2) is 0 Å². The summed E-state index contributed by atoms with van der Waals surface area (Å²) in [6, 6.07) is 10.1. The van der Waals surface area contributed by atoms with Crippen molar-refractivity contribution in [2.75, 3.05) is 19.6 Å². The number of piperidine rings is 3. The monoisotopic (exact) mass is 340 g/mol. The number of hydrogen-bond acceptors (Lipinski definition) is 4. The van der Waals surface area contributed by atoms with E-state index in [1.165, 1.54) is 12.1 Å². The van der Waals surface area contributed by atoms with Gasteiger partial charge in [0.1, 0.15) is 5.69 Å². The van der Waals surface area contributed by atoms with Crippen molar-refractivity contribution in [2.24, 2.45) is 5.92 Å². The molecule has 7 heteroatoms. The van der Waals surface area contributed by atoms with Crippen LogP contribution in [0.3, 0.4) is 0 Å². The average molecular weight is 340 g/mol. The van der Waals surface area contributed by atoms with Crippen molar-refractivity contribution in [3.8, 4) is 11.3 Å². The van der Waals surface area contributed by atoms with Crippen molar-refractivity contribution < 1.29 is 9.72 Å². The zero-order valence-electron chi connectivity index (χ0n) is 13.8. The van der Waals surface area contributed by atoms with E-state index in [-0.39, 0.29) is 17.6 Å². The van der Waals surface area contributed by atoms with Crippen LogP contribution in [0.4, 0.5) is 5.69 Å². The number of hydrogen-bond donors (Lipinski definition) is 2. The second kappa shape index (κ2) is 6.33. The lowest BCUT2D eigenvalue weighted by Crippen LogP contribution is -2.57. The number of benzene rings is 1. The first-order valence-corrected chi connectivity index (χ1v) is 8.57. The number of non-ortho nitro benzene ring substituents is 1. The molecular weight excluding hydrogens is 320 g/mol. The molecule has 0 aliphatic carbocycles. The molecule has 0 unspecified atom stereocenters. The minimum Gasteiger partial charge on any atom is -0.351 e. The van der Waals surface area contributed by atoms with Crippen LogP contribution in [0.1, 0.15) is 23.3 Å². The van der Waals surface area contributed by atoms with Gasteiger partial charge in [-0.05, 0) is 44.0 Å². The van der Waals surface area contributed by atoms with Gasteiger partial charge in [0, 0.05) is 36.0 Å². The van der Waals surface area contributed by atoms with Gasteiger partial charge in [-0.15, -0.1) is 0 Å². The molecule has 5 rings (SSSR count). The number of nitro groups is 1. The van der Waals surface area contributed by atoms with E-state index < -0.39 is 4.92 Å². The first kappa shape index (κ1) is 15.8. The molecule has 2 aromatic rings. The van der Waals surface area contributed by atoms with Crippen molar-refractivity contribution in [3.63, 3.8) is 0 Å². The summed E-state index contributed by atoms with van der Waals surface area (Å²) in [5.41, 5.74) is 1.90. The molecule has 1 atom stereocenters. The predicted octanol–water partition coefficient (Wildman–Crippen LogP) is 2.41. The summed E-state index contributed by atoms with van der Waals surface area (Å²) in [5.74, 6) is 0.454. The Morgan fingerprint density at radius 3 is 2.72 bits per heavy atom. The van der Waals surface area contributed by atoms with Crippen LogP contribution in [-0.2, 0) is 0 Å². The van der Waals surface area contributed by atoms with Gasteiger partial charge in [-0.1, -0.05) is 12.1 Å². The van der Waals surface area contributed by atoms with Gasteiger partial charge in [0.2, 0.25) is 0 Å². The highest BCUT2D eigenvalue weighted by Crippen LogP contribution is 2.28. The Balaban J connectivity index is 1.48. The molecule has 0 spiro atoms. The first-order chi connectivity index (χ1) is 12.1. The summed E-state index contributed by atoms with van der Waals surface area (Å²) in [6.45, 7) is 3.20. The molecular formula is C18H20N4O3. The van der Waals surface area contributed by atoms with Gasteiger partial charge in [-0.25, -0.2) is 0 Å². The van der Waals surface area contributed by atoms with Gasteiger partial charge in [0.05, 0.1) is 4.92 Å².